The monoisotopic (exact) mass is 425 g/mol. The number of hydrogen-bond donors (Lipinski definition) is 1. The van der Waals surface area contributed by atoms with Crippen molar-refractivity contribution < 1.29 is 9.13 Å². The molecule has 7 heteroatoms. The molecule has 0 aliphatic heterocycles. The number of hydrogen-bond acceptors (Lipinski definition) is 5. The Morgan fingerprint density at radius 2 is 1.75 bits per heavy atom. The lowest BCUT2D eigenvalue weighted by Crippen LogP contribution is -2.02. The van der Waals surface area contributed by atoms with Gasteiger partial charge in [-0.05, 0) is 42.0 Å². The van der Waals surface area contributed by atoms with Gasteiger partial charge in [0.1, 0.15) is 23.7 Å². The highest BCUT2D eigenvalue weighted by Crippen LogP contribution is 2.25. The molecule has 0 aliphatic carbocycles. The topological polar surface area (TPSA) is 64.3 Å². The zero-order valence-electron chi connectivity index (χ0n) is 17.1. The fraction of sp³-hybridized carbons (Fsp3) is 0.0800. The predicted octanol–water partition coefficient (Wildman–Crippen LogP) is 5.30. The van der Waals surface area contributed by atoms with Gasteiger partial charge in [-0.3, -0.25) is 0 Å². The highest BCUT2D eigenvalue weighted by atomic mass is 19.1. The lowest BCUT2D eigenvalue weighted by atomic mass is 10.1. The van der Waals surface area contributed by atoms with Gasteiger partial charge in [0, 0.05) is 23.7 Å². The van der Waals surface area contributed by atoms with Crippen LogP contribution in [0.3, 0.4) is 0 Å². The summed E-state index contributed by atoms with van der Waals surface area (Å²) in [6, 6.07) is 26.1. The van der Waals surface area contributed by atoms with E-state index in [4.69, 9.17) is 4.74 Å². The standard InChI is InChI=1S/C25H20FN5O/c26-20-8-4-7-19(15-20)23-16-24(30-25-27-17-28-31(23)25)29-21-9-11-22(12-10-21)32-14-13-18-5-2-1-3-6-18/h1-12,15-17H,13-14H2,(H,27,28,29,30). The van der Waals surface area contributed by atoms with Crippen molar-refractivity contribution in [3.05, 3.63) is 103 Å². The molecule has 0 fully saturated rings. The van der Waals surface area contributed by atoms with Crippen LogP contribution in [-0.2, 0) is 6.42 Å². The molecule has 158 valence electrons. The molecule has 6 nitrogen and oxygen atoms in total. The molecule has 0 saturated carbocycles. The maximum absolute atomic E-state index is 13.8. The van der Waals surface area contributed by atoms with Gasteiger partial charge in [0.05, 0.1) is 12.3 Å². The third kappa shape index (κ3) is 4.41. The highest BCUT2D eigenvalue weighted by molar-refractivity contribution is 5.68. The van der Waals surface area contributed by atoms with Crippen LogP contribution in [0.25, 0.3) is 17.0 Å². The van der Waals surface area contributed by atoms with Crippen LogP contribution < -0.4 is 10.1 Å². The summed E-state index contributed by atoms with van der Waals surface area (Å²) in [6.07, 6.45) is 2.28. The van der Waals surface area contributed by atoms with E-state index in [1.165, 1.54) is 24.0 Å². The van der Waals surface area contributed by atoms with Crippen LogP contribution in [0, 0.1) is 5.82 Å². The molecule has 5 rings (SSSR count). The molecule has 3 aromatic carbocycles. The molecule has 0 unspecified atom stereocenters. The quantitative estimate of drug-likeness (QED) is 0.384. The molecule has 0 spiro atoms. The second-order valence-corrected chi connectivity index (χ2v) is 7.24. The summed E-state index contributed by atoms with van der Waals surface area (Å²) in [4.78, 5) is 8.69. The second-order valence-electron chi connectivity index (χ2n) is 7.24. The maximum Gasteiger partial charge on any atom is 0.254 e. The van der Waals surface area contributed by atoms with Gasteiger partial charge in [-0.15, -0.1) is 0 Å². The first-order valence-corrected chi connectivity index (χ1v) is 10.3. The van der Waals surface area contributed by atoms with E-state index in [0.717, 1.165) is 17.9 Å². The minimum Gasteiger partial charge on any atom is -0.493 e. The van der Waals surface area contributed by atoms with Gasteiger partial charge in [-0.1, -0.05) is 42.5 Å². The van der Waals surface area contributed by atoms with Gasteiger partial charge in [0.2, 0.25) is 0 Å². The molecule has 0 amide bonds. The summed E-state index contributed by atoms with van der Waals surface area (Å²) in [5.74, 6) is 1.50. The van der Waals surface area contributed by atoms with Gasteiger partial charge in [-0.2, -0.15) is 19.6 Å². The summed E-state index contributed by atoms with van der Waals surface area (Å²) in [7, 11) is 0. The van der Waals surface area contributed by atoms with E-state index < -0.39 is 0 Å². The Morgan fingerprint density at radius 1 is 0.906 bits per heavy atom. The molecule has 5 aromatic rings. The molecule has 32 heavy (non-hydrogen) atoms. The Labute approximate surface area is 184 Å². The summed E-state index contributed by atoms with van der Waals surface area (Å²) < 4.78 is 21.2. The molecular weight excluding hydrogens is 405 g/mol. The van der Waals surface area contributed by atoms with Crippen molar-refractivity contribution >= 4 is 17.3 Å². The Bertz CT molecular complexity index is 1340. The Kier molecular flexibility index (Phi) is 5.45. The van der Waals surface area contributed by atoms with Crippen LogP contribution in [0.15, 0.2) is 91.3 Å². The molecule has 0 radical (unpaired) electrons. The van der Waals surface area contributed by atoms with Crippen molar-refractivity contribution in [2.45, 2.75) is 6.42 Å². The van der Waals surface area contributed by atoms with Crippen molar-refractivity contribution in [1.82, 2.24) is 19.6 Å². The maximum atomic E-state index is 13.8. The van der Waals surface area contributed by atoms with Crippen LogP contribution in [-0.4, -0.2) is 26.2 Å². The normalized spacial score (nSPS) is 10.9. The van der Waals surface area contributed by atoms with Crippen molar-refractivity contribution in [3.63, 3.8) is 0 Å². The lowest BCUT2D eigenvalue weighted by molar-refractivity contribution is 0.322. The number of nitrogens with zero attached hydrogens (tertiary/aromatic N) is 4. The Morgan fingerprint density at radius 3 is 2.56 bits per heavy atom. The first kappa shape index (κ1) is 19.7. The second kappa shape index (κ2) is 8.85. The number of rotatable bonds is 7. The Hall–Kier alpha value is -4.26. The minimum atomic E-state index is -0.315. The largest absolute Gasteiger partial charge is 0.493 e. The zero-order chi connectivity index (χ0) is 21.8. The van der Waals surface area contributed by atoms with E-state index in [-0.39, 0.29) is 5.82 Å². The van der Waals surface area contributed by atoms with Gasteiger partial charge in [0.25, 0.3) is 5.78 Å². The van der Waals surface area contributed by atoms with E-state index >= 15 is 0 Å². The fourth-order valence-corrected chi connectivity index (χ4v) is 3.44. The fourth-order valence-electron chi connectivity index (χ4n) is 3.44. The molecule has 2 aromatic heterocycles. The molecule has 2 heterocycles. The summed E-state index contributed by atoms with van der Waals surface area (Å²) in [5, 5.41) is 7.49. The smallest absolute Gasteiger partial charge is 0.254 e. The number of anilines is 2. The van der Waals surface area contributed by atoms with Crippen molar-refractivity contribution in [3.8, 4) is 17.0 Å². The van der Waals surface area contributed by atoms with E-state index in [0.29, 0.717) is 29.5 Å². The van der Waals surface area contributed by atoms with Crippen LogP contribution in [0.2, 0.25) is 0 Å². The molecule has 0 saturated heterocycles. The molecule has 0 aliphatic rings. The van der Waals surface area contributed by atoms with Gasteiger partial charge in [-0.25, -0.2) is 4.39 Å². The van der Waals surface area contributed by atoms with Crippen molar-refractivity contribution in [2.24, 2.45) is 0 Å². The number of benzene rings is 3. The third-order valence-electron chi connectivity index (χ3n) is 5.00. The summed E-state index contributed by atoms with van der Waals surface area (Å²) in [5.41, 5.74) is 3.47. The average Bonchev–Trinajstić information content (AvgIpc) is 3.29. The summed E-state index contributed by atoms with van der Waals surface area (Å²) >= 11 is 0. The highest BCUT2D eigenvalue weighted by Gasteiger charge is 2.11. The number of aromatic nitrogens is 4. The molecular formula is C25H20FN5O. The number of halogens is 1. The summed E-state index contributed by atoms with van der Waals surface area (Å²) in [6.45, 7) is 0.610. The van der Waals surface area contributed by atoms with E-state index in [2.05, 4.69) is 32.5 Å². The van der Waals surface area contributed by atoms with E-state index in [1.54, 1.807) is 10.6 Å². The first-order valence-electron chi connectivity index (χ1n) is 10.3. The first-order chi connectivity index (χ1) is 15.7. The SMILES string of the molecule is Fc1cccc(-c2cc(Nc3ccc(OCCc4ccccc4)cc3)nc3ncnn23)c1. The molecule has 0 atom stereocenters. The van der Waals surface area contributed by atoms with Crippen LogP contribution in [0.5, 0.6) is 5.75 Å². The van der Waals surface area contributed by atoms with E-state index in [9.17, 15) is 4.39 Å². The predicted molar refractivity (Wildman–Crippen MR) is 122 cm³/mol. The van der Waals surface area contributed by atoms with Gasteiger partial charge in [0.15, 0.2) is 0 Å². The number of nitrogens with one attached hydrogen (secondary N) is 1. The van der Waals surface area contributed by atoms with Gasteiger partial charge >= 0.3 is 0 Å². The van der Waals surface area contributed by atoms with Crippen LogP contribution in [0.4, 0.5) is 15.9 Å². The van der Waals surface area contributed by atoms with Crippen LogP contribution >= 0.6 is 0 Å². The van der Waals surface area contributed by atoms with Crippen LogP contribution in [0.1, 0.15) is 5.56 Å². The minimum absolute atomic E-state index is 0.315. The number of fused-ring (bicyclic) bond motifs is 1. The molecule has 0 bridgehead atoms. The van der Waals surface area contributed by atoms with E-state index in [1.807, 2.05) is 54.6 Å². The lowest BCUT2D eigenvalue weighted by Gasteiger charge is -2.11. The zero-order valence-corrected chi connectivity index (χ0v) is 17.1. The van der Waals surface area contributed by atoms with Crippen molar-refractivity contribution in [1.29, 1.82) is 0 Å². The average molecular weight is 425 g/mol. The van der Waals surface area contributed by atoms with Crippen molar-refractivity contribution in [2.75, 3.05) is 11.9 Å². The Balaban J connectivity index is 1.31. The molecule has 1 N–H and O–H groups in total. The third-order valence-corrected chi connectivity index (χ3v) is 5.00. The van der Waals surface area contributed by atoms with Gasteiger partial charge < -0.3 is 10.1 Å². The number of ether oxygens (including phenoxy) is 1.